The van der Waals surface area contributed by atoms with E-state index in [2.05, 4.69) is 5.32 Å². The van der Waals surface area contributed by atoms with Crippen molar-refractivity contribution in [1.29, 1.82) is 0 Å². The summed E-state index contributed by atoms with van der Waals surface area (Å²) in [6.07, 6.45) is 1.02. The first kappa shape index (κ1) is 17.5. The Labute approximate surface area is 131 Å². The van der Waals surface area contributed by atoms with Crippen molar-refractivity contribution in [2.45, 2.75) is 32.2 Å². The summed E-state index contributed by atoms with van der Waals surface area (Å²) in [5.41, 5.74) is -0.0585. The number of Topliss-reactive ketones (excluding diaryl/α,β-unsaturated/α-hetero) is 1. The summed E-state index contributed by atoms with van der Waals surface area (Å²) in [7, 11) is 0. The van der Waals surface area contributed by atoms with Crippen LogP contribution in [0.5, 0.6) is 0 Å². The maximum Gasteiger partial charge on any atom is 0.223 e. The number of carbonyl (C=O) groups excluding carboxylic acids is 2. The van der Waals surface area contributed by atoms with Crippen molar-refractivity contribution in [2.75, 3.05) is 6.61 Å². The van der Waals surface area contributed by atoms with Crippen LogP contribution in [0.25, 0.3) is 0 Å². The number of aliphatic hydroxyl groups excluding tert-OH is 1. The number of benzene rings is 1. The van der Waals surface area contributed by atoms with Gasteiger partial charge in [0.25, 0.3) is 0 Å². The normalized spacial score (nSPS) is 22.7. The summed E-state index contributed by atoms with van der Waals surface area (Å²) in [6.45, 7) is 1.20. The van der Waals surface area contributed by atoms with Gasteiger partial charge in [0, 0.05) is 18.8 Å². The Morgan fingerprint density at radius 2 is 1.96 bits per heavy atom. The molecule has 0 bridgehead atoms. The molecule has 0 aromatic heterocycles. The van der Waals surface area contributed by atoms with Crippen LogP contribution >= 0.6 is 0 Å². The van der Waals surface area contributed by atoms with Crippen molar-refractivity contribution in [1.82, 2.24) is 5.32 Å². The molecular formula is C16H18F3NO3. The Hall–Kier alpha value is -1.89. The van der Waals surface area contributed by atoms with E-state index < -0.39 is 41.9 Å². The highest BCUT2D eigenvalue weighted by Gasteiger charge is 2.32. The van der Waals surface area contributed by atoms with Gasteiger partial charge in [-0.25, -0.2) is 13.2 Å². The Kier molecular flexibility index (Phi) is 5.41. The zero-order valence-corrected chi connectivity index (χ0v) is 12.6. The molecule has 1 aromatic rings. The fourth-order valence-corrected chi connectivity index (χ4v) is 2.88. The monoisotopic (exact) mass is 329 g/mol. The molecule has 0 heterocycles. The second kappa shape index (κ2) is 7.12. The molecule has 23 heavy (non-hydrogen) atoms. The van der Waals surface area contributed by atoms with E-state index in [-0.39, 0.29) is 17.3 Å². The van der Waals surface area contributed by atoms with Gasteiger partial charge in [0.2, 0.25) is 5.91 Å². The highest BCUT2D eigenvalue weighted by Crippen LogP contribution is 2.29. The fourth-order valence-electron chi connectivity index (χ4n) is 2.88. The van der Waals surface area contributed by atoms with Crippen LogP contribution in [0.2, 0.25) is 0 Å². The molecule has 1 aliphatic rings. The smallest absolute Gasteiger partial charge is 0.223 e. The van der Waals surface area contributed by atoms with E-state index in [4.69, 9.17) is 0 Å². The van der Waals surface area contributed by atoms with E-state index in [1.54, 1.807) is 6.92 Å². The lowest BCUT2D eigenvalue weighted by molar-refractivity contribution is -0.131. The van der Waals surface area contributed by atoms with Crippen LogP contribution < -0.4 is 5.32 Å². The minimum atomic E-state index is -1.60. The Morgan fingerprint density at radius 1 is 1.35 bits per heavy atom. The van der Waals surface area contributed by atoms with Gasteiger partial charge >= 0.3 is 0 Å². The van der Waals surface area contributed by atoms with E-state index >= 15 is 0 Å². The molecule has 0 aliphatic heterocycles. The SMILES string of the molecule is CC1CC(=O)CCC1C(=O)NC(CO)c1cc(F)c(F)c(F)c1. The molecule has 126 valence electrons. The summed E-state index contributed by atoms with van der Waals surface area (Å²) in [5, 5.41) is 11.9. The van der Waals surface area contributed by atoms with E-state index in [9.17, 15) is 27.9 Å². The summed E-state index contributed by atoms with van der Waals surface area (Å²) >= 11 is 0. The van der Waals surface area contributed by atoms with Gasteiger partial charge in [-0.3, -0.25) is 9.59 Å². The zero-order valence-electron chi connectivity index (χ0n) is 12.6. The highest BCUT2D eigenvalue weighted by atomic mass is 19.2. The average molecular weight is 329 g/mol. The van der Waals surface area contributed by atoms with Gasteiger partial charge in [-0.15, -0.1) is 0 Å². The molecular weight excluding hydrogens is 311 g/mol. The molecule has 0 spiro atoms. The third-order valence-electron chi connectivity index (χ3n) is 4.22. The third kappa shape index (κ3) is 3.90. The van der Waals surface area contributed by atoms with Gasteiger partial charge in [-0.1, -0.05) is 6.92 Å². The molecule has 1 aromatic carbocycles. The highest BCUT2D eigenvalue weighted by molar-refractivity contribution is 5.85. The predicted molar refractivity (Wildman–Crippen MR) is 75.8 cm³/mol. The number of rotatable bonds is 4. The summed E-state index contributed by atoms with van der Waals surface area (Å²) in [6, 6.07) is 0.442. The number of nitrogens with one attached hydrogen (secondary N) is 1. The molecule has 1 amide bonds. The maximum absolute atomic E-state index is 13.3. The van der Waals surface area contributed by atoms with Crippen molar-refractivity contribution in [3.63, 3.8) is 0 Å². The minimum absolute atomic E-state index is 0.0585. The summed E-state index contributed by atoms with van der Waals surface area (Å²) in [5.74, 6) is -5.21. The molecule has 2 rings (SSSR count). The second-order valence-electron chi connectivity index (χ2n) is 5.91. The van der Waals surface area contributed by atoms with E-state index in [0.29, 0.717) is 19.3 Å². The summed E-state index contributed by atoms with van der Waals surface area (Å²) < 4.78 is 39.6. The Bertz CT molecular complexity index is 598. The van der Waals surface area contributed by atoms with Crippen LogP contribution in [0.1, 0.15) is 37.8 Å². The summed E-state index contributed by atoms with van der Waals surface area (Å²) in [4.78, 5) is 23.7. The molecule has 0 saturated heterocycles. The largest absolute Gasteiger partial charge is 0.394 e. The first-order valence-corrected chi connectivity index (χ1v) is 7.40. The zero-order chi connectivity index (χ0) is 17.1. The van der Waals surface area contributed by atoms with Gasteiger partial charge in [-0.05, 0) is 30.0 Å². The number of aliphatic hydroxyl groups is 1. The molecule has 7 heteroatoms. The molecule has 1 fully saturated rings. The standard InChI is InChI=1S/C16H18F3NO3/c1-8-4-10(22)2-3-11(8)16(23)20-14(7-21)9-5-12(17)15(19)13(18)6-9/h5-6,8,11,14,21H,2-4,7H2,1H3,(H,20,23). The topological polar surface area (TPSA) is 66.4 Å². The Balaban J connectivity index is 2.13. The number of carbonyl (C=O) groups is 2. The van der Waals surface area contributed by atoms with Crippen molar-refractivity contribution in [3.8, 4) is 0 Å². The lowest BCUT2D eigenvalue weighted by Gasteiger charge is -2.28. The molecule has 1 saturated carbocycles. The van der Waals surface area contributed by atoms with Crippen molar-refractivity contribution in [2.24, 2.45) is 11.8 Å². The van der Waals surface area contributed by atoms with Crippen LogP contribution in [0.3, 0.4) is 0 Å². The molecule has 0 radical (unpaired) electrons. The van der Waals surface area contributed by atoms with Crippen LogP contribution in [0.4, 0.5) is 13.2 Å². The molecule has 4 nitrogen and oxygen atoms in total. The van der Waals surface area contributed by atoms with Crippen LogP contribution in [-0.2, 0) is 9.59 Å². The van der Waals surface area contributed by atoms with Gasteiger partial charge in [-0.2, -0.15) is 0 Å². The number of hydrogen-bond acceptors (Lipinski definition) is 3. The number of halogens is 3. The van der Waals surface area contributed by atoms with Gasteiger partial charge in [0.05, 0.1) is 12.6 Å². The number of hydrogen-bond donors (Lipinski definition) is 2. The van der Waals surface area contributed by atoms with Crippen molar-refractivity contribution >= 4 is 11.7 Å². The van der Waals surface area contributed by atoms with Crippen molar-refractivity contribution < 1.29 is 27.9 Å². The predicted octanol–water partition coefficient (Wildman–Crippen LogP) is 2.26. The quantitative estimate of drug-likeness (QED) is 0.833. The first-order valence-electron chi connectivity index (χ1n) is 7.40. The van der Waals surface area contributed by atoms with Gasteiger partial charge in [0.1, 0.15) is 5.78 Å². The fraction of sp³-hybridized carbons (Fsp3) is 0.500. The van der Waals surface area contributed by atoms with Crippen LogP contribution in [-0.4, -0.2) is 23.4 Å². The van der Waals surface area contributed by atoms with Crippen LogP contribution in [0.15, 0.2) is 12.1 Å². The third-order valence-corrected chi connectivity index (χ3v) is 4.22. The number of amides is 1. The van der Waals surface area contributed by atoms with Gasteiger partial charge < -0.3 is 10.4 Å². The van der Waals surface area contributed by atoms with Crippen LogP contribution in [0, 0.1) is 29.3 Å². The lowest BCUT2D eigenvalue weighted by Crippen LogP contribution is -2.40. The molecule has 1 aliphatic carbocycles. The second-order valence-corrected chi connectivity index (χ2v) is 5.91. The van der Waals surface area contributed by atoms with E-state index in [1.807, 2.05) is 0 Å². The molecule has 2 N–H and O–H groups in total. The number of ketones is 1. The van der Waals surface area contributed by atoms with Crippen molar-refractivity contribution in [3.05, 3.63) is 35.1 Å². The van der Waals surface area contributed by atoms with Gasteiger partial charge in [0.15, 0.2) is 17.5 Å². The van der Waals surface area contributed by atoms with E-state index in [0.717, 1.165) is 12.1 Å². The maximum atomic E-state index is 13.3. The van der Waals surface area contributed by atoms with E-state index in [1.165, 1.54) is 0 Å². The lowest BCUT2D eigenvalue weighted by atomic mass is 9.79. The minimum Gasteiger partial charge on any atom is -0.394 e. The molecule has 3 atom stereocenters. The Morgan fingerprint density at radius 3 is 2.48 bits per heavy atom. The molecule has 3 unspecified atom stereocenters. The first-order chi connectivity index (χ1) is 10.8. The average Bonchev–Trinajstić information content (AvgIpc) is 2.49.